The third-order valence-corrected chi connectivity index (χ3v) is 2.97. The van der Waals surface area contributed by atoms with E-state index in [0.29, 0.717) is 13.1 Å². The molecule has 0 bridgehead atoms. The maximum Gasteiger partial charge on any atom is 0.109 e. The first-order valence-corrected chi connectivity index (χ1v) is 5.97. The topological polar surface area (TPSA) is 47.7 Å². The maximum atomic E-state index is 12.1. The van der Waals surface area contributed by atoms with Crippen LogP contribution in [-0.2, 0) is 26.7 Å². The van der Waals surface area contributed by atoms with Crippen LogP contribution in [-0.4, -0.2) is 26.2 Å². The Bertz CT molecular complexity index is 502. The van der Waals surface area contributed by atoms with E-state index in [-0.39, 0.29) is 6.67 Å². The van der Waals surface area contributed by atoms with Gasteiger partial charge in [0.05, 0.1) is 18.4 Å². The third-order valence-electron chi connectivity index (χ3n) is 2.97. The van der Waals surface area contributed by atoms with Gasteiger partial charge in [-0.3, -0.25) is 9.36 Å². The molecule has 0 aliphatic carbocycles. The van der Waals surface area contributed by atoms with Gasteiger partial charge < -0.3 is 5.32 Å². The van der Waals surface area contributed by atoms with Crippen LogP contribution < -0.4 is 5.32 Å². The number of hydrogen-bond acceptors (Lipinski definition) is 3. The summed E-state index contributed by atoms with van der Waals surface area (Å²) in [4.78, 5) is 0. The molecule has 0 unspecified atom stereocenters. The van der Waals surface area contributed by atoms with Gasteiger partial charge in [-0.2, -0.15) is 10.2 Å². The lowest BCUT2D eigenvalue weighted by atomic mass is 10.2. The van der Waals surface area contributed by atoms with Crippen molar-refractivity contribution in [3.05, 3.63) is 35.4 Å². The monoisotopic (exact) mass is 251 g/mol. The van der Waals surface area contributed by atoms with Crippen molar-refractivity contribution in [1.29, 1.82) is 0 Å². The molecule has 0 saturated carbocycles. The average molecular weight is 251 g/mol. The van der Waals surface area contributed by atoms with Crippen LogP contribution in [0.1, 0.15) is 17.0 Å². The molecule has 0 atom stereocenters. The molecule has 1 N–H and O–H groups in total. The van der Waals surface area contributed by atoms with E-state index in [9.17, 15) is 4.39 Å². The lowest BCUT2D eigenvalue weighted by Crippen LogP contribution is -2.14. The van der Waals surface area contributed by atoms with Crippen molar-refractivity contribution in [3.8, 4) is 0 Å². The highest BCUT2D eigenvalue weighted by molar-refractivity contribution is 5.15. The van der Waals surface area contributed by atoms with Gasteiger partial charge in [0.2, 0.25) is 0 Å². The summed E-state index contributed by atoms with van der Waals surface area (Å²) in [6.45, 7) is 3.41. The molecule has 0 radical (unpaired) electrons. The van der Waals surface area contributed by atoms with Gasteiger partial charge in [0.15, 0.2) is 0 Å². The van der Waals surface area contributed by atoms with Crippen molar-refractivity contribution in [2.45, 2.75) is 26.6 Å². The van der Waals surface area contributed by atoms with Crippen molar-refractivity contribution in [2.75, 3.05) is 6.67 Å². The highest BCUT2D eigenvalue weighted by Gasteiger charge is 2.03. The van der Waals surface area contributed by atoms with Gasteiger partial charge in [-0.25, -0.2) is 4.39 Å². The minimum Gasteiger partial charge on any atom is -0.307 e. The summed E-state index contributed by atoms with van der Waals surface area (Å²) in [6.07, 6.45) is 3.66. The summed E-state index contributed by atoms with van der Waals surface area (Å²) in [6, 6.07) is 1.90. The lowest BCUT2D eigenvalue weighted by Gasteiger charge is -2.02. The Hall–Kier alpha value is -1.69. The number of aryl methyl sites for hydroxylation is 2. The molecule has 5 nitrogen and oxygen atoms in total. The Kier molecular flexibility index (Phi) is 4.09. The van der Waals surface area contributed by atoms with Crippen molar-refractivity contribution >= 4 is 0 Å². The molecular formula is C12H18FN5. The summed E-state index contributed by atoms with van der Waals surface area (Å²) in [5.41, 5.74) is 3.26. The van der Waals surface area contributed by atoms with E-state index < -0.39 is 0 Å². The molecule has 98 valence electrons. The summed E-state index contributed by atoms with van der Waals surface area (Å²) in [7, 11) is 1.93. The Labute approximate surface area is 106 Å². The predicted molar refractivity (Wildman–Crippen MR) is 66.7 cm³/mol. The zero-order valence-electron chi connectivity index (χ0n) is 10.7. The minimum atomic E-state index is -0.385. The number of halogens is 1. The molecular weight excluding hydrogens is 233 g/mol. The molecule has 0 spiro atoms. The van der Waals surface area contributed by atoms with E-state index in [1.807, 2.05) is 30.9 Å². The van der Waals surface area contributed by atoms with Gasteiger partial charge in [0, 0.05) is 37.6 Å². The second-order valence-electron chi connectivity index (χ2n) is 4.24. The fourth-order valence-corrected chi connectivity index (χ4v) is 1.75. The van der Waals surface area contributed by atoms with E-state index in [2.05, 4.69) is 15.5 Å². The summed E-state index contributed by atoms with van der Waals surface area (Å²) in [5, 5.41) is 11.7. The Morgan fingerprint density at radius 3 is 2.89 bits per heavy atom. The number of alkyl halides is 1. The number of hydrogen-bond donors (Lipinski definition) is 1. The number of aromatic nitrogens is 4. The van der Waals surface area contributed by atoms with Gasteiger partial charge in [-0.15, -0.1) is 0 Å². The van der Waals surface area contributed by atoms with Crippen LogP contribution in [0, 0.1) is 6.92 Å². The standard InChI is InChI=1S/C12H18FN5/c1-10-11(8-15-17(10)2)7-14-9-12-3-5-18(16-12)6-4-13/h3,5,8,14H,4,6-7,9H2,1-2H3. The first-order chi connectivity index (χ1) is 8.70. The van der Waals surface area contributed by atoms with Gasteiger partial charge in [0.1, 0.15) is 6.67 Å². The molecule has 0 amide bonds. The van der Waals surface area contributed by atoms with Crippen LogP contribution in [0.2, 0.25) is 0 Å². The van der Waals surface area contributed by atoms with E-state index in [4.69, 9.17) is 0 Å². The quantitative estimate of drug-likeness (QED) is 0.838. The zero-order valence-corrected chi connectivity index (χ0v) is 10.7. The molecule has 2 rings (SSSR count). The summed E-state index contributed by atoms with van der Waals surface area (Å²) >= 11 is 0. The van der Waals surface area contributed by atoms with E-state index in [1.165, 1.54) is 5.56 Å². The molecule has 0 aliphatic heterocycles. The first kappa shape index (κ1) is 12.8. The third kappa shape index (κ3) is 2.95. The first-order valence-electron chi connectivity index (χ1n) is 5.97. The van der Waals surface area contributed by atoms with Crippen LogP contribution in [0.15, 0.2) is 18.5 Å². The molecule has 0 aliphatic rings. The van der Waals surface area contributed by atoms with E-state index >= 15 is 0 Å². The van der Waals surface area contributed by atoms with Gasteiger partial charge in [0.25, 0.3) is 0 Å². The second kappa shape index (κ2) is 5.77. The summed E-state index contributed by atoms with van der Waals surface area (Å²) < 4.78 is 15.6. The average Bonchev–Trinajstić information content (AvgIpc) is 2.91. The normalized spacial score (nSPS) is 11.1. The van der Waals surface area contributed by atoms with Crippen LogP contribution >= 0.6 is 0 Å². The van der Waals surface area contributed by atoms with Crippen molar-refractivity contribution in [1.82, 2.24) is 24.9 Å². The lowest BCUT2D eigenvalue weighted by molar-refractivity contribution is 0.425. The van der Waals surface area contributed by atoms with Crippen molar-refractivity contribution in [3.63, 3.8) is 0 Å². The van der Waals surface area contributed by atoms with Crippen LogP contribution in [0.5, 0.6) is 0 Å². The molecule has 2 aromatic rings. The van der Waals surface area contributed by atoms with Crippen LogP contribution in [0.3, 0.4) is 0 Å². The highest BCUT2D eigenvalue weighted by Crippen LogP contribution is 2.05. The van der Waals surface area contributed by atoms with Crippen molar-refractivity contribution in [2.24, 2.45) is 7.05 Å². The van der Waals surface area contributed by atoms with E-state index in [1.54, 1.807) is 10.9 Å². The van der Waals surface area contributed by atoms with Crippen LogP contribution in [0.4, 0.5) is 4.39 Å². The highest BCUT2D eigenvalue weighted by atomic mass is 19.1. The van der Waals surface area contributed by atoms with E-state index in [0.717, 1.165) is 17.9 Å². The van der Waals surface area contributed by atoms with Gasteiger partial charge in [-0.1, -0.05) is 0 Å². The molecule has 18 heavy (non-hydrogen) atoms. The zero-order chi connectivity index (χ0) is 13.0. The minimum absolute atomic E-state index is 0.321. The van der Waals surface area contributed by atoms with Gasteiger partial charge in [-0.05, 0) is 13.0 Å². The Balaban J connectivity index is 1.82. The second-order valence-corrected chi connectivity index (χ2v) is 4.24. The molecule has 0 saturated heterocycles. The molecule has 0 fully saturated rings. The largest absolute Gasteiger partial charge is 0.307 e. The number of nitrogens with zero attached hydrogens (tertiary/aromatic N) is 4. The Morgan fingerprint density at radius 2 is 2.22 bits per heavy atom. The van der Waals surface area contributed by atoms with Crippen molar-refractivity contribution < 1.29 is 4.39 Å². The maximum absolute atomic E-state index is 12.1. The Morgan fingerprint density at radius 1 is 1.39 bits per heavy atom. The van der Waals surface area contributed by atoms with Crippen LogP contribution in [0.25, 0.3) is 0 Å². The van der Waals surface area contributed by atoms with Gasteiger partial charge >= 0.3 is 0 Å². The SMILES string of the molecule is Cc1c(CNCc2ccn(CCF)n2)cnn1C. The predicted octanol–water partition coefficient (Wildman–Crippen LogP) is 1.18. The fraction of sp³-hybridized carbons (Fsp3) is 0.500. The molecule has 2 heterocycles. The smallest absolute Gasteiger partial charge is 0.109 e. The summed E-state index contributed by atoms with van der Waals surface area (Å²) in [5.74, 6) is 0. The fourth-order valence-electron chi connectivity index (χ4n) is 1.75. The number of rotatable bonds is 6. The number of nitrogens with one attached hydrogen (secondary N) is 1. The molecule has 0 aromatic carbocycles. The molecule has 6 heteroatoms. The molecule has 2 aromatic heterocycles.